The van der Waals surface area contributed by atoms with Gasteiger partial charge in [-0.05, 0) is 116 Å². The van der Waals surface area contributed by atoms with Crippen LogP contribution in [-0.2, 0) is 9.53 Å². The van der Waals surface area contributed by atoms with Gasteiger partial charge in [-0.1, -0.05) is 18.7 Å². The second-order valence-corrected chi connectivity index (χ2v) is 10.7. The van der Waals surface area contributed by atoms with Crippen LogP contribution in [0.25, 0.3) is 0 Å². The lowest BCUT2D eigenvalue weighted by molar-refractivity contribution is -0.137. The molecule has 0 aliphatic carbocycles. The molecule has 0 saturated heterocycles. The van der Waals surface area contributed by atoms with Crippen molar-refractivity contribution in [3.05, 3.63) is 120 Å². The molecule has 11 nitrogen and oxygen atoms in total. The molecule has 0 bridgehead atoms. The summed E-state index contributed by atoms with van der Waals surface area (Å²) in [6.07, 6.45) is 2.46. The number of carbonyl (C=O) groups is 3. The summed E-state index contributed by atoms with van der Waals surface area (Å²) in [6.45, 7) is 8.13. The first kappa shape index (κ1) is 36.3. The van der Waals surface area contributed by atoms with Crippen molar-refractivity contribution in [3.63, 3.8) is 0 Å². The molecule has 12 heteroatoms. The highest BCUT2D eigenvalue weighted by atomic mass is 16.5. The lowest BCUT2D eigenvalue weighted by Crippen LogP contribution is -2.29. The van der Waals surface area contributed by atoms with E-state index in [0.29, 0.717) is 82.5 Å². The van der Waals surface area contributed by atoms with E-state index in [2.05, 4.69) is 6.58 Å². The Bertz CT molecular complexity index is 1720. The fourth-order valence-corrected chi connectivity index (χ4v) is 4.37. The van der Waals surface area contributed by atoms with Crippen LogP contribution in [0.5, 0.6) is 28.7 Å². The molecule has 4 rings (SSSR count). The zero-order valence-electron chi connectivity index (χ0n) is 27.3. The quantitative estimate of drug-likeness (QED) is 0.0528. The molecule has 0 atom stereocenters. The molecule has 0 fully saturated rings. The third-order valence-electron chi connectivity index (χ3n) is 7.29. The summed E-state index contributed by atoms with van der Waals surface area (Å²) < 4.78 is 33.1. The standard InChI is InChI=1S/C37H37BO11/c1-4-35(39)47-22-6-5-21-44-30-13-7-27(8-14-30)36(40)48-33-19-20-34(26(3)25(33)2)49-37(41)28-9-15-31(16-10-28)45-23-24-46-32-17-11-29(12-18-32)38(42)43/h4,7-20,42-43H,1,5-6,21-24H2,2-3H3. The van der Waals surface area contributed by atoms with Crippen molar-refractivity contribution in [1.82, 2.24) is 0 Å². The topological polar surface area (TPSA) is 147 Å². The summed E-state index contributed by atoms with van der Waals surface area (Å²) >= 11 is 0. The molecule has 0 aliphatic heterocycles. The fourth-order valence-electron chi connectivity index (χ4n) is 4.37. The summed E-state index contributed by atoms with van der Waals surface area (Å²) in [5, 5.41) is 18.3. The Morgan fingerprint density at radius 1 is 0.612 bits per heavy atom. The van der Waals surface area contributed by atoms with E-state index in [1.54, 1.807) is 98.8 Å². The van der Waals surface area contributed by atoms with Gasteiger partial charge < -0.3 is 38.5 Å². The van der Waals surface area contributed by atoms with Crippen LogP contribution in [0, 0.1) is 13.8 Å². The lowest BCUT2D eigenvalue weighted by atomic mass is 9.80. The van der Waals surface area contributed by atoms with Gasteiger partial charge in [0.05, 0.1) is 24.3 Å². The monoisotopic (exact) mass is 668 g/mol. The van der Waals surface area contributed by atoms with Crippen LogP contribution in [-0.4, -0.2) is 61.5 Å². The molecule has 0 spiro atoms. The maximum Gasteiger partial charge on any atom is 0.488 e. The van der Waals surface area contributed by atoms with Crippen LogP contribution in [0.15, 0.2) is 97.6 Å². The SMILES string of the molecule is C=CC(=O)OCCCCOc1ccc(C(=O)Oc2ccc(OC(=O)c3ccc(OCCOc4ccc(B(O)O)cc4)cc3)c(C)c2C)cc1. The van der Waals surface area contributed by atoms with Crippen molar-refractivity contribution in [2.24, 2.45) is 0 Å². The van der Waals surface area contributed by atoms with Gasteiger partial charge in [0.15, 0.2) is 0 Å². The summed E-state index contributed by atoms with van der Waals surface area (Å²) in [7, 11) is -1.53. The largest absolute Gasteiger partial charge is 0.494 e. The summed E-state index contributed by atoms with van der Waals surface area (Å²) in [5.41, 5.74) is 2.32. The van der Waals surface area contributed by atoms with Crippen molar-refractivity contribution >= 4 is 30.5 Å². The van der Waals surface area contributed by atoms with Gasteiger partial charge >= 0.3 is 25.0 Å². The molecule has 254 valence electrons. The molecular weight excluding hydrogens is 631 g/mol. The zero-order valence-corrected chi connectivity index (χ0v) is 27.3. The molecule has 2 N–H and O–H groups in total. The zero-order chi connectivity index (χ0) is 35.2. The van der Waals surface area contributed by atoms with Crippen LogP contribution < -0.4 is 29.1 Å². The Morgan fingerprint density at radius 2 is 1.02 bits per heavy atom. The number of benzene rings is 4. The minimum Gasteiger partial charge on any atom is -0.494 e. The Hall–Kier alpha value is -5.59. The minimum absolute atomic E-state index is 0.252. The maximum absolute atomic E-state index is 12.9. The lowest BCUT2D eigenvalue weighted by Gasteiger charge is -2.14. The van der Waals surface area contributed by atoms with E-state index in [-0.39, 0.29) is 13.2 Å². The number of ether oxygens (including phenoxy) is 6. The van der Waals surface area contributed by atoms with Crippen LogP contribution in [0.2, 0.25) is 0 Å². The second kappa shape index (κ2) is 18.1. The maximum atomic E-state index is 12.9. The normalized spacial score (nSPS) is 10.4. The third-order valence-corrected chi connectivity index (χ3v) is 7.29. The predicted molar refractivity (Wildman–Crippen MR) is 182 cm³/mol. The van der Waals surface area contributed by atoms with Gasteiger partial charge in [0.25, 0.3) is 0 Å². The third kappa shape index (κ3) is 11.0. The van der Waals surface area contributed by atoms with Crippen molar-refractivity contribution < 1.29 is 52.9 Å². The van der Waals surface area contributed by atoms with Gasteiger partial charge in [-0.2, -0.15) is 0 Å². The van der Waals surface area contributed by atoms with E-state index in [1.165, 1.54) is 0 Å². The molecule has 4 aromatic rings. The number of hydrogen-bond donors (Lipinski definition) is 2. The van der Waals surface area contributed by atoms with Crippen LogP contribution in [0.3, 0.4) is 0 Å². The number of hydrogen-bond acceptors (Lipinski definition) is 11. The molecule has 0 unspecified atom stereocenters. The van der Waals surface area contributed by atoms with E-state index in [9.17, 15) is 14.4 Å². The molecule has 49 heavy (non-hydrogen) atoms. The molecule has 0 saturated carbocycles. The number of carbonyl (C=O) groups excluding carboxylic acids is 3. The first-order chi connectivity index (χ1) is 23.6. The first-order valence-electron chi connectivity index (χ1n) is 15.5. The smallest absolute Gasteiger partial charge is 0.488 e. The van der Waals surface area contributed by atoms with E-state index in [1.807, 2.05) is 0 Å². The molecule has 0 aromatic heterocycles. The Morgan fingerprint density at radius 3 is 1.45 bits per heavy atom. The van der Waals surface area contributed by atoms with E-state index in [4.69, 9.17) is 38.5 Å². The summed E-state index contributed by atoms with van der Waals surface area (Å²) in [6, 6.07) is 22.6. The van der Waals surface area contributed by atoms with Crippen LogP contribution in [0.4, 0.5) is 0 Å². The van der Waals surface area contributed by atoms with Crippen molar-refractivity contribution in [2.45, 2.75) is 26.7 Å². The van der Waals surface area contributed by atoms with E-state index >= 15 is 0 Å². The highest BCUT2D eigenvalue weighted by Gasteiger charge is 2.17. The Kier molecular flexibility index (Phi) is 13.4. The minimum atomic E-state index is -1.53. The predicted octanol–water partition coefficient (Wildman–Crippen LogP) is 4.77. The highest BCUT2D eigenvalue weighted by molar-refractivity contribution is 6.58. The van der Waals surface area contributed by atoms with Gasteiger partial charge in [-0.25, -0.2) is 14.4 Å². The van der Waals surface area contributed by atoms with Gasteiger partial charge in [0.1, 0.15) is 42.0 Å². The average molecular weight is 669 g/mol. The number of unbranched alkanes of at least 4 members (excludes halogenated alkanes) is 1. The van der Waals surface area contributed by atoms with Crippen molar-refractivity contribution in [3.8, 4) is 28.7 Å². The molecule has 4 aromatic carbocycles. The van der Waals surface area contributed by atoms with Gasteiger partial charge in [0, 0.05) is 6.08 Å². The van der Waals surface area contributed by atoms with Crippen molar-refractivity contribution in [2.75, 3.05) is 26.4 Å². The molecule has 0 radical (unpaired) electrons. The van der Waals surface area contributed by atoms with Gasteiger partial charge in [0.2, 0.25) is 0 Å². The summed E-state index contributed by atoms with van der Waals surface area (Å²) in [5.74, 6) is 0.816. The van der Waals surface area contributed by atoms with Crippen LogP contribution in [0.1, 0.15) is 44.7 Å². The van der Waals surface area contributed by atoms with E-state index in [0.717, 1.165) is 6.08 Å². The molecule has 0 amide bonds. The van der Waals surface area contributed by atoms with Crippen LogP contribution >= 0.6 is 0 Å². The number of rotatable bonds is 17. The average Bonchev–Trinajstić information content (AvgIpc) is 3.11. The molecular formula is C37H37BO11. The fraction of sp³-hybridized carbons (Fsp3) is 0.216. The Labute approximate surface area is 284 Å². The highest BCUT2D eigenvalue weighted by Crippen LogP contribution is 2.30. The van der Waals surface area contributed by atoms with Crippen molar-refractivity contribution in [1.29, 1.82) is 0 Å². The molecule has 0 heterocycles. The van der Waals surface area contributed by atoms with Gasteiger partial charge in [-0.3, -0.25) is 0 Å². The first-order valence-corrected chi connectivity index (χ1v) is 15.5. The summed E-state index contributed by atoms with van der Waals surface area (Å²) in [4.78, 5) is 36.7. The number of esters is 3. The van der Waals surface area contributed by atoms with Gasteiger partial charge in [-0.15, -0.1) is 0 Å². The van der Waals surface area contributed by atoms with E-state index < -0.39 is 25.0 Å². The second-order valence-electron chi connectivity index (χ2n) is 10.7. The molecule has 0 aliphatic rings. The Balaban J connectivity index is 1.22.